The van der Waals surface area contributed by atoms with Gasteiger partial charge in [0.05, 0.1) is 17.1 Å². The van der Waals surface area contributed by atoms with Crippen LogP contribution in [0.5, 0.6) is 0 Å². The highest BCUT2D eigenvalue weighted by atomic mass is 35.5. The number of anilines is 2. The van der Waals surface area contributed by atoms with E-state index in [4.69, 9.17) is 11.6 Å². The molecule has 0 saturated heterocycles. The molecule has 10 heteroatoms. The minimum Gasteiger partial charge on any atom is -0.296 e. The molecular weight excluding hydrogens is 552 g/mol. The Hall–Kier alpha value is -4.05. The SMILES string of the molecule is Cc1ccc(Cl)cc1N(Cc1ccc(C(=O)Nc2nnc(-c3ccccc3)s2)cc1)S(=O)(=O)c1ccccc1. The van der Waals surface area contributed by atoms with Crippen molar-refractivity contribution in [2.24, 2.45) is 0 Å². The molecule has 1 N–H and O–H groups in total. The molecule has 5 aromatic rings. The van der Waals surface area contributed by atoms with E-state index < -0.39 is 10.0 Å². The average Bonchev–Trinajstić information content (AvgIpc) is 3.43. The topological polar surface area (TPSA) is 92.3 Å². The van der Waals surface area contributed by atoms with Crippen LogP contribution in [0.25, 0.3) is 10.6 Å². The second-order valence-corrected chi connectivity index (χ2v) is 12.0. The minimum absolute atomic E-state index is 0.0527. The van der Waals surface area contributed by atoms with Gasteiger partial charge in [-0.25, -0.2) is 8.42 Å². The number of hydrogen-bond donors (Lipinski definition) is 1. The second kappa shape index (κ2) is 11.4. The van der Waals surface area contributed by atoms with Crippen LogP contribution in [-0.2, 0) is 16.6 Å². The van der Waals surface area contributed by atoms with E-state index in [-0.39, 0.29) is 17.3 Å². The van der Waals surface area contributed by atoms with Gasteiger partial charge in [-0.15, -0.1) is 10.2 Å². The predicted octanol–water partition coefficient (Wildman–Crippen LogP) is 6.81. The fourth-order valence-electron chi connectivity index (χ4n) is 3.94. The van der Waals surface area contributed by atoms with E-state index in [0.717, 1.165) is 11.1 Å². The smallest absolute Gasteiger partial charge is 0.264 e. The Morgan fingerprint density at radius 2 is 1.56 bits per heavy atom. The number of hydrogen-bond acceptors (Lipinski definition) is 6. The summed E-state index contributed by atoms with van der Waals surface area (Å²) in [6.45, 7) is 1.89. The van der Waals surface area contributed by atoms with Gasteiger partial charge in [-0.1, -0.05) is 89.7 Å². The summed E-state index contributed by atoms with van der Waals surface area (Å²) < 4.78 is 28.7. The molecule has 1 heterocycles. The number of benzene rings is 4. The van der Waals surface area contributed by atoms with Gasteiger partial charge in [0, 0.05) is 16.1 Å². The van der Waals surface area contributed by atoms with E-state index >= 15 is 0 Å². The number of carbonyl (C=O) groups is 1. The van der Waals surface area contributed by atoms with Crippen LogP contribution >= 0.6 is 22.9 Å². The lowest BCUT2D eigenvalue weighted by Gasteiger charge is -2.26. The second-order valence-electron chi connectivity index (χ2n) is 8.68. The zero-order valence-corrected chi connectivity index (χ0v) is 23.2. The van der Waals surface area contributed by atoms with E-state index in [2.05, 4.69) is 15.5 Å². The van der Waals surface area contributed by atoms with Crippen molar-refractivity contribution >= 4 is 49.7 Å². The fraction of sp³-hybridized carbons (Fsp3) is 0.0690. The molecule has 0 radical (unpaired) electrons. The lowest BCUT2D eigenvalue weighted by Crippen LogP contribution is -2.31. The molecule has 5 rings (SSSR count). The van der Waals surface area contributed by atoms with Gasteiger partial charge in [-0.05, 0) is 54.4 Å². The highest BCUT2D eigenvalue weighted by Gasteiger charge is 2.26. The van der Waals surface area contributed by atoms with Crippen LogP contribution < -0.4 is 9.62 Å². The van der Waals surface area contributed by atoms with Crippen LogP contribution in [0.3, 0.4) is 0 Å². The zero-order valence-electron chi connectivity index (χ0n) is 20.8. The minimum atomic E-state index is -3.90. The van der Waals surface area contributed by atoms with Crippen LogP contribution in [0, 0.1) is 6.92 Å². The van der Waals surface area contributed by atoms with Gasteiger partial charge in [-0.3, -0.25) is 14.4 Å². The summed E-state index contributed by atoms with van der Waals surface area (Å²) >= 11 is 7.53. The van der Waals surface area contributed by atoms with Crippen LogP contribution in [0.15, 0.2) is 108 Å². The van der Waals surface area contributed by atoms with Crippen molar-refractivity contribution in [1.82, 2.24) is 10.2 Å². The van der Waals surface area contributed by atoms with Gasteiger partial charge in [-0.2, -0.15) is 0 Å². The standard InChI is InChI=1S/C29H23ClN4O3S2/c1-20-12-17-24(30)18-26(20)34(39(36,37)25-10-6-3-7-11-25)19-21-13-15-22(16-14-21)27(35)31-29-33-32-28(38-29)23-8-4-2-5-9-23/h2-18H,19H2,1H3,(H,31,33,35). The van der Waals surface area contributed by atoms with Gasteiger partial charge in [0.1, 0.15) is 5.01 Å². The first-order valence-electron chi connectivity index (χ1n) is 11.9. The van der Waals surface area contributed by atoms with Crippen molar-refractivity contribution < 1.29 is 13.2 Å². The molecule has 0 saturated carbocycles. The molecule has 0 atom stereocenters. The highest BCUT2D eigenvalue weighted by Crippen LogP contribution is 2.31. The first-order valence-corrected chi connectivity index (χ1v) is 14.6. The van der Waals surface area contributed by atoms with Crippen molar-refractivity contribution in [2.75, 3.05) is 9.62 Å². The maximum Gasteiger partial charge on any atom is 0.264 e. The number of amides is 1. The number of nitrogens with one attached hydrogen (secondary N) is 1. The summed E-state index contributed by atoms with van der Waals surface area (Å²) in [6, 6.07) is 29.8. The molecule has 0 fully saturated rings. The lowest BCUT2D eigenvalue weighted by atomic mass is 10.1. The fourth-order valence-corrected chi connectivity index (χ4v) is 6.38. The Labute approximate surface area is 235 Å². The van der Waals surface area contributed by atoms with Crippen LogP contribution in [0.2, 0.25) is 5.02 Å². The molecule has 1 amide bonds. The molecular formula is C29H23ClN4O3S2. The number of rotatable bonds is 8. The zero-order chi connectivity index (χ0) is 27.4. The van der Waals surface area contributed by atoms with Crippen molar-refractivity contribution in [3.8, 4) is 10.6 Å². The monoisotopic (exact) mass is 574 g/mol. The van der Waals surface area contributed by atoms with Crippen molar-refractivity contribution in [2.45, 2.75) is 18.4 Å². The van der Waals surface area contributed by atoms with E-state index in [9.17, 15) is 13.2 Å². The molecule has 0 aliphatic heterocycles. The number of nitrogens with zero attached hydrogens (tertiary/aromatic N) is 3. The maximum atomic E-state index is 13.7. The third-order valence-corrected chi connectivity index (χ3v) is 8.88. The van der Waals surface area contributed by atoms with Crippen LogP contribution in [0.1, 0.15) is 21.5 Å². The molecule has 7 nitrogen and oxygen atoms in total. The van der Waals surface area contributed by atoms with Crippen LogP contribution in [0.4, 0.5) is 10.8 Å². The van der Waals surface area contributed by atoms with Gasteiger partial charge >= 0.3 is 0 Å². The molecule has 0 bridgehead atoms. The summed E-state index contributed by atoms with van der Waals surface area (Å²) in [5.41, 5.74) is 3.28. The Balaban J connectivity index is 1.37. The highest BCUT2D eigenvalue weighted by molar-refractivity contribution is 7.92. The average molecular weight is 575 g/mol. The van der Waals surface area contributed by atoms with Crippen molar-refractivity contribution in [3.05, 3.63) is 125 Å². The molecule has 0 spiro atoms. The molecule has 196 valence electrons. The summed E-state index contributed by atoms with van der Waals surface area (Å²) in [5, 5.41) is 12.5. The van der Waals surface area contributed by atoms with Gasteiger partial charge in [0.2, 0.25) is 5.13 Å². The summed E-state index contributed by atoms with van der Waals surface area (Å²) in [5.74, 6) is -0.336. The third kappa shape index (κ3) is 6.01. The van der Waals surface area contributed by atoms with E-state index in [1.165, 1.54) is 15.6 Å². The maximum absolute atomic E-state index is 13.7. The Morgan fingerprint density at radius 1 is 0.897 bits per heavy atom. The van der Waals surface area contributed by atoms with E-state index in [1.807, 2.05) is 37.3 Å². The van der Waals surface area contributed by atoms with Gasteiger partial charge in [0.15, 0.2) is 0 Å². The quantitative estimate of drug-likeness (QED) is 0.220. The Kier molecular flexibility index (Phi) is 7.74. The first-order chi connectivity index (χ1) is 18.8. The van der Waals surface area contributed by atoms with Gasteiger partial charge in [0.25, 0.3) is 15.9 Å². The van der Waals surface area contributed by atoms with E-state index in [1.54, 1.807) is 72.8 Å². The number of sulfonamides is 1. The lowest BCUT2D eigenvalue weighted by molar-refractivity contribution is 0.102. The number of halogens is 1. The number of aromatic nitrogens is 2. The normalized spacial score (nSPS) is 11.2. The molecule has 1 aromatic heterocycles. The molecule has 0 unspecified atom stereocenters. The predicted molar refractivity (Wildman–Crippen MR) is 156 cm³/mol. The summed E-state index contributed by atoms with van der Waals surface area (Å²) in [6.07, 6.45) is 0. The Morgan fingerprint density at radius 3 is 2.26 bits per heavy atom. The van der Waals surface area contributed by atoms with Crippen LogP contribution in [-0.4, -0.2) is 24.5 Å². The summed E-state index contributed by atoms with van der Waals surface area (Å²) in [4.78, 5) is 13.0. The molecule has 0 aliphatic carbocycles. The molecule has 0 aliphatic rings. The largest absolute Gasteiger partial charge is 0.296 e. The molecule has 4 aromatic carbocycles. The molecule has 39 heavy (non-hydrogen) atoms. The number of carbonyl (C=O) groups excluding carboxylic acids is 1. The first kappa shape index (κ1) is 26.6. The van der Waals surface area contributed by atoms with Crippen molar-refractivity contribution in [3.63, 3.8) is 0 Å². The third-order valence-electron chi connectivity index (χ3n) is 5.98. The summed E-state index contributed by atoms with van der Waals surface area (Å²) in [7, 11) is -3.90. The van der Waals surface area contributed by atoms with Crippen molar-refractivity contribution in [1.29, 1.82) is 0 Å². The number of aryl methyl sites for hydroxylation is 1. The Bertz CT molecular complexity index is 1710. The van der Waals surface area contributed by atoms with E-state index in [0.29, 0.717) is 32.0 Å². The van der Waals surface area contributed by atoms with Gasteiger partial charge < -0.3 is 0 Å².